The number of aromatic hydroxyl groups is 1. The lowest BCUT2D eigenvalue weighted by Gasteiger charge is -2.30. The Balaban J connectivity index is 1.73. The number of phenols is 1. The van der Waals surface area contributed by atoms with Crippen LogP contribution in [-0.2, 0) is 53.6 Å². The third kappa shape index (κ3) is 12.5. The van der Waals surface area contributed by atoms with Gasteiger partial charge in [0, 0.05) is 24.0 Å². The van der Waals surface area contributed by atoms with Crippen LogP contribution < -0.4 is 4.74 Å². The van der Waals surface area contributed by atoms with Crippen LogP contribution in [0.2, 0.25) is 0 Å². The number of phenolic OH excluding ortho intramolecular Hbond substituents is 1. The molecule has 0 amide bonds. The topological polar surface area (TPSA) is 82.1 Å². The minimum absolute atomic E-state index is 0.0824. The molecule has 264 valence electrons. The zero-order valence-electron chi connectivity index (χ0n) is 31.9. The molecule has 0 saturated carbocycles. The molecule has 0 fully saturated rings. The molecule has 0 bridgehead atoms. The molecule has 0 aromatic heterocycles. The van der Waals surface area contributed by atoms with Crippen LogP contribution in [0.1, 0.15) is 155 Å². The minimum Gasteiger partial charge on any atom is -0.507 e. The number of carbonyl (C=O) groups is 2. The van der Waals surface area contributed by atoms with Crippen LogP contribution in [0.3, 0.4) is 0 Å². The average Bonchev–Trinajstić information content (AvgIpc) is 2.94. The minimum atomic E-state index is -0.206. The van der Waals surface area contributed by atoms with Gasteiger partial charge in [-0.25, -0.2) is 0 Å². The van der Waals surface area contributed by atoms with Crippen LogP contribution in [0.4, 0.5) is 0 Å². The molecular weight excluding hydrogens is 588 g/mol. The molecule has 1 N–H and O–H groups in total. The standard InChI is InChI=1S/C41H64O6/c1-38(2,3)30-24-28(25-31(36(30)44)39(4,5)6)18-20-34(42)46-22-16-14-15-17-23-47-35(43)21-19-29-26-32(40(7,8)9)37(45-13)33(27-29)41(10,11)12/h24-27,44H,14-23H2,1-13H3. The fourth-order valence-electron chi connectivity index (χ4n) is 5.72. The smallest absolute Gasteiger partial charge is 0.306 e. The molecule has 0 heterocycles. The summed E-state index contributed by atoms with van der Waals surface area (Å²) in [6, 6.07) is 8.39. The third-order valence-electron chi connectivity index (χ3n) is 8.55. The first-order valence-corrected chi connectivity index (χ1v) is 17.5. The second-order valence-electron chi connectivity index (χ2n) is 17.1. The predicted molar refractivity (Wildman–Crippen MR) is 193 cm³/mol. The molecule has 0 aliphatic rings. The first-order chi connectivity index (χ1) is 21.6. The largest absolute Gasteiger partial charge is 0.507 e. The lowest BCUT2D eigenvalue weighted by atomic mass is 9.78. The molecule has 6 heteroatoms. The summed E-state index contributed by atoms with van der Waals surface area (Å²) in [5.74, 6) is 0.901. The number of rotatable bonds is 14. The number of carbonyl (C=O) groups excluding carboxylic acids is 2. The van der Waals surface area contributed by atoms with Crippen molar-refractivity contribution in [3.05, 3.63) is 57.6 Å². The molecule has 0 saturated heterocycles. The molecule has 2 rings (SSSR count). The molecule has 2 aromatic rings. The molecule has 47 heavy (non-hydrogen) atoms. The van der Waals surface area contributed by atoms with E-state index in [2.05, 4.69) is 95.2 Å². The van der Waals surface area contributed by atoms with E-state index in [0.717, 1.165) is 64.8 Å². The maximum Gasteiger partial charge on any atom is 0.306 e. The van der Waals surface area contributed by atoms with Gasteiger partial charge in [0.25, 0.3) is 0 Å². The van der Waals surface area contributed by atoms with Crippen molar-refractivity contribution >= 4 is 11.9 Å². The van der Waals surface area contributed by atoms with Crippen LogP contribution in [0.5, 0.6) is 11.5 Å². The Hall–Kier alpha value is -3.02. The van der Waals surface area contributed by atoms with Crippen molar-refractivity contribution in [3.63, 3.8) is 0 Å². The van der Waals surface area contributed by atoms with Gasteiger partial charge in [0.15, 0.2) is 0 Å². The summed E-state index contributed by atoms with van der Waals surface area (Å²) in [5.41, 5.74) is 5.71. The summed E-state index contributed by atoms with van der Waals surface area (Å²) in [7, 11) is 1.73. The van der Waals surface area contributed by atoms with Gasteiger partial charge in [-0.15, -0.1) is 0 Å². The number of methoxy groups -OCH3 is 1. The van der Waals surface area contributed by atoms with E-state index < -0.39 is 0 Å². The molecule has 0 unspecified atom stereocenters. The summed E-state index contributed by atoms with van der Waals surface area (Å²) in [6.45, 7) is 26.4. The van der Waals surface area contributed by atoms with Crippen LogP contribution >= 0.6 is 0 Å². The third-order valence-corrected chi connectivity index (χ3v) is 8.55. The van der Waals surface area contributed by atoms with Crippen LogP contribution in [0.15, 0.2) is 24.3 Å². The maximum atomic E-state index is 12.5. The molecule has 0 spiro atoms. The van der Waals surface area contributed by atoms with Gasteiger partial charge in [-0.05, 0) is 82.4 Å². The van der Waals surface area contributed by atoms with Crippen molar-refractivity contribution in [2.24, 2.45) is 0 Å². The molecular formula is C41H64O6. The summed E-state index contributed by atoms with van der Waals surface area (Å²) < 4.78 is 16.9. The molecule has 6 nitrogen and oxygen atoms in total. The number of hydrogen-bond donors (Lipinski definition) is 1. The number of ether oxygens (including phenoxy) is 3. The maximum absolute atomic E-state index is 12.5. The summed E-state index contributed by atoms with van der Waals surface area (Å²) in [4.78, 5) is 25.0. The highest BCUT2D eigenvalue weighted by atomic mass is 16.5. The fraction of sp³-hybridized carbons (Fsp3) is 0.659. The van der Waals surface area contributed by atoms with Crippen molar-refractivity contribution < 1.29 is 28.9 Å². The van der Waals surface area contributed by atoms with Gasteiger partial charge in [-0.1, -0.05) is 107 Å². The Morgan fingerprint density at radius 1 is 0.553 bits per heavy atom. The highest BCUT2D eigenvalue weighted by molar-refractivity contribution is 5.70. The predicted octanol–water partition coefficient (Wildman–Crippen LogP) is 9.80. The van der Waals surface area contributed by atoms with E-state index in [9.17, 15) is 14.7 Å². The highest BCUT2D eigenvalue weighted by Crippen LogP contribution is 2.41. The first kappa shape index (κ1) is 40.2. The Bertz CT molecular complexity index is 1270. The van der Waals surface area contributed by atoms with E-state index in [0.29, 0.717) is 44.6 Å². The van der Waals surface area contributed by atoms with Crippen LogP contribution in [0.25, 0.3) is 0 Å². The van der Waals surface area contributed by atoms with E-state index >= 15 is 0 Å². The van der Waals surface area contributed by atoms with Crippen molar-refractivity contribution in [3.8, 4) is 11.5 Å². The van der Waals surface area contributed by atoms with Gasteiger partial charge < -0.3 is 19.3 Å². The zero-order valence-corrected chi connectivity index (χ0v) is 31.9. The van der Waals surface area contributed by atoms with E-state index in [1.165, 1.54) is 0 Å². The normalized spacial score (nSPS) is 12.6. The van der Waals surface area contributed by atoms with Crippen molar-refractivity contribution in [2.75, 3.05) is 20.3 Å². The fourth-order valence-corrected chi connectivity index (χ4v) is 5.72. The van der Waals surface area contributed by atoms with Crippen molar-refractivity contribution in [1.29, 1.82) is 0 Å². The van der Waals surface area contributed by atoms with Crippen molar-refractivity contribution in [1.82, 2.24) is 0 Å². The Labute approximate surface area is 286 Å². The second kappa shape index (κ2) is 16.4. The van der Waals surface area contributed by atoms with Gasteiger partial charge >= 0.3 is 11.9 Å². The van der Waals surface area contributed by atoms with E-state index in [4.69, 9.17) is 14.2 Å². The lowest BCUT2D eigenvalue weighted by molar-refractivity contribution is -0.145. The van der Waals surface area contributed by atoms with E-state index in [1.807, 2.05) is 12.1 Å². The van der Waals surface area contributed by atoms with E-state index in [1.54, 1.807) is 7.11 Å². The van der Waals surface area contributed by atoms with Gasteiger partial charge in [0.2, 0.25) is 0 Å². The number of unbranched alkanes of at least 4 members (excludes halogenated alkanes) is 3. The summed E-state index contributed by atoms with van der Waals surface area (Å²) in [5, 5.41) is 10.9. The molecule has 0 radical (unpaired) electrons. The van der Waals surface area contributed by atoms with Crippen LogP contribution in [0, 0.1) is 0 Å². The molecule has 0 atom stereocenters. The lowest BCUT2D eigenvalue weighted by Crippen LogP contribution is -2.20. The Kier molecular flexibility index (Phi) is 14.0. The van der Waals surface area contributed by atoms with Gasteiger partial charge in [0.05, 0.1) is 20.3 Å². The average molecular weight is 653 g/mol. The molecule has 2 aromatic carbocycles. The molecule has 0 aliphatic heterocycles. The first-order valence-electron chi connectivity index (χ1n) is 17.5. The van der Waals surface area contributed by atoms with Gasteiger partial charge in [-0.2, -0.15) is 0 Å². The number of esters is 2. The monoisotopic (exact) mass is 652 g/mol. The Morgan fingerprint density at radius 2 is 0.872 bits per heavy atom. The van der Waals surface area contributed by atoms with Gasteiger partial charge in [0.1, 0.15) is 11.5 Å². The van der Waals surface area contributed by atoms with Crippen LogP contribution in [-0.4, -0.2) is 37.4 Å². The number of benzene rings is 2. The van der Waals surface area contributed by atoms with Gasteiger partial charge in [-0.3, -0.25) is 9.59 Å². The summed E-state index contributed by atoms with van der Waals surface area (Å²) in [6.07, 6.45) is 5.24. The van der Waals surface area contributed by atoms with Crippen molar-refractivity contribution in [2.45, 2.75) is 156 Å². The Morgan fingerprint density at radius 3 is 1.17 bits per heavy atom. The van der Waals surface area contributed by atoms with E-state index in [-0.39, 0.29) is 33.6 Å². The number of aryl methyl sites for hydroxylation is 2. The molecule has 0 aliphatic carbocycles. The SMILES string of the molecule is COc1c(C(C)(C)C)cc(CCC(=O)OCCCCCCOC(=O)CCc2cc(C(C)(C)C)c(O)c(C(C)(C)C)c2)cc1C(C)(C)C. The summed E-state index contributed by atoms with van der Waals surface area (Å²) >= 11 is 0. The number of hydrogen-bond acceptors (Lipinski definition) is 6. The second-order valence-corrected chi connectivity index (χ2v) is 17.1. The quantitative estimate of drug-likeness (QED) is 0.162. The zero-order chi connectivity index (χ0) is 35.8. The highest BCUT2D eigenvalue weighted by Gasteiger charge is 2.28.